The molecule has 0 aliphatic heterocycles. The lowest BCUT2D eigenvalue weighted by molar-refractivity contribution is -0.113. The van der Waals surface area contributed by atoms with Crippen LogP contribution in [0, 0.1) is 6.92 Å². The molecule has 132 valence electrons. The molecule has 0 saturated heterocycles. The molecule has 1 N–H and O–H groups in total. The number of methoxy groups -OCH3 is 2. The first kappa shape index (κ1) is 18.9. The van der Waals surface area contributed by atoms with Crippen LogP contribution >= 0.6 is 11.8 Å². The summed E-state index contributed by atoms with van der Waals surface area (Å²) in [5, 5.41) is 2.85. The Labute approximate surface area is 151 Å². The standard InChI is InChI=1S/C19H21NO4S/c1-13-16(19(22)24-3)5-4-6-17(13)20-18(21)12-25-11-14-7-9-15(23-2)10-8-14/h4-10H,11-12H2,1-3H3,(H,20,21). The largest absolute Gasteiger partial charge is 0.497 e. The smallest absolute Gasteiger partial charge is 0.338 e. The molecule has 2 rings (SSSR count). The van der Waals surface area contributed by atoms with E-state index in [1.54, 1.807) is 32.2 Å². The predicted octanol–water partition coefficient (Wildman–Crippen LogP) is 3.66. The number of hydrogen-bond donors (Lipinski definition) is 1. The van der Waals surface area contributed by atoms with Crippen LogP contribution in [0.4, 0.5) is 5.69 Å². The number of carbonyl (C=O) groups is 2. The van der Waals surface area contributed by atoms with E-state index >= 15 is 0 Å². The summed E-state index contributed by atoms with van der Waals surface area (Å²) in [6.07, 6.45) is 0. The van der Waals surface area contributed by atoms with Crippen molar-refractivity contribution in [1.82, 2.24) is 0 Å². The van der Waals surface area contributed by atoms with Gasteiger partial charge in [-0.25, -0.2) is 4.79 Å². The van der Waals surface area contributed by atoms with Crippen LogP contribution in [-0.2, 0) is 15.3 Å². The molecule has 2 aromatic carbocycles. The fraction of sp³-hybridized carbons (Fsp3) is 0.263. The third kappa shape index (κ3) is 5.26. The zero-order valence-electron chi connectivity index (χ0n) is 14.5. The second-order valence-electron chi connectivity index (χ2n) is 5.36. The normalized spacial score (nSPS) is 10.2. The summed E-state index contributed by atoms with van der Waals surface area (Å²) in [5.41, 5.74) is 2.90. The summed E-state index contributed by atoms with van der Waals surface area (Å²) in [5.74, 6) is 1.35. The number of ether oxygens (including phenoxy) is 2. The van der Waals surface area contributed by atoms with Crippen LogP contribution in [0.25, 0.3) is 0 Å². The first-order chi connectivity index (χ1) is 12.0. The van der Waals surface area contributed by atoms with Crippen molar-refractivity contribution in [3.8, 4) is 5.75 Å². The van der Waals surface area contributed by atoms with Crippen LogP contribution in [0.15, 0.2) is 42.5 Å². The van der Waals surface area contributed by atoms with Crippen LogP contribution in [0.1, 0.15) is 21.5 Å². The van der Waals surface area contributed by atoms with Gasteiger partial charge in [-0.2, -0.15) is 0 Å². The minimum atomic E-state index is -0.414. The Hall–Kier alpha value is -2.47. The molecule has 1 amide bonds. The SMILES string of the molecule is COC(=O)c1cccc(NC(=O)CSCc2ccc(OC)cc2)c1C. The number of rotatable bonds is 7. The third-order valence-electron chi connectivity index (χ3n) is 3.67. The van der Waals surface area contributed by atoms with E-state index in [2.05, 4.69) is 5.32 Å². The molecular formula is C19H21NO4S. The fourth-order valence-corrected chi connectivity index (χ4v) is 3.06. The lowest BCUT2D eigenvalue weighted by Crippen LogP contribution is -2.16. The quantitative estimate of drug-likeness (QED) is 0.764. The average Bonchev–Trinajstić information content (AvgIpc) is 2.63. The van der Waals surface area contributed by atoms with Crippen molar-refractivity contribution in [1.29, 1.82) is 0 Å². The number of benzene rings is 2. The van der Waals surface area contributed by atoms with Crippen molar-refractivity contribution in [2.75, 3.05) is 25.3 Å². The number of thioether (sulfide) groups is 1. The van der Waals surface area contributed by atoms with E-state index in [9.17, 15) is 9.59 Å². The van der Waals surface area contributed by atoms with Gasteiger partial charge < -0.3 is 14.8 Å². The number of esters is 1. The Kier molecular flexibility index (Phi) is 6.89. The maximum atomic E-state index is 12.1. The summed E-state index contributed by atoms with van der Waals surface area (Å²) in [7, 11) is 2.97. The second-order valence-corrected chi connectivity index (χ2v) is 6.34. The van der Waals surface area contributed by atoms with E-state index in [-0.39, 0.29) is 5.91 Å². The molecule has 0 aromatic heterocycles. The van der Waals surface area contributed by atoms with Crippen molar-refractivity contribution >= 4 is 29.3 Å². The van der Waals surface area contributed by atoms with Crippen LogP contribution < -0.4 is 10.1 Å². The number of carbonyl (C=O) groups excluding carboxylic acids is 2. The Balaban J connectivity index is 1.88. The minimum Gasteiger partial charge on any atom is -0.497 e. The molecule has 0 fully saturated rings. The molecule has 0 unspecified atom stereocenters. The van der Waals surface area contributed by atoms with E-state index in [0.717, 1.165) is 17.1 Å². The van der Waals surface area contributed by atoms with Crippen molar-refractivity contribution in [2.24, 2.45) is 0 Å². The van der Waals surface area contributed by atoms with Crippen LogP contribution in [-0.4, -0.2) is 31.8 Å². The lowest BCUT2D eigenvalue weighted by Gasteiger charge is -2.11. The maximum absolute atomic E-state index is 12.1. The molecule has 0 atom stereocenters. The van der Waals surface area contributed by atoms with Gasteiger partial charge in [0.05, 0.1) is 25.5 Å². The zero-order valence-corrected chi connectivity index (χ0v) is 15.3. The third-order valence-corrected chi connectivity index (χ3v) is 4.68. The van der Waals surface area contributed by atoms with Gasteiger partial charge in [-0.05, 0) is 42.3 Å². The van der Waals surface area contributed by atoms with Gasteiger partial charge in [0, 0.05) is 11.4 Å². The topological polar surface area (TPSA) is 64.6 Å². The molecule has 0 bridgehead atoms. The summed E-state index contributed by atoms with van der Waals surface area (Å²) in [4.78, 5) is 23.8. The summed E-state index contributed by atoms with van der Waals surface area (Å²) < 4.78 is 9.86. The van der Waals surface area contributed by atoms with Gasteiger partial charge in [0.15, 0.2) is 0 Å². The number of anilines is 1. The van der Waals surface area contributed by atoms with Crippen LogP contribution in [0.2, 0.25) is 0 Å². The van der Waals surface area contributed by atoms with E-state index in [1.807, 2.05) is 24.3 Å². The van der Waals surface area contributed by atoms with Crippen molar-refractivity contribution in [3.63, 3.8) is 0 Å². The monoisotopic (exact) mass is 359 g/mol. The second kappa shape index (κ2) is 9.13. The van der Waals surface area contributed by atoms with Crippen molar-refractivity contribution < 1.29 is 19.1 Å². The molecule has 0 aliphatic rings. The highest BCUT2D eigenvalue weighted by atomic mass is 32.2. The zero-order chi connectivity index (χ0) is 18.2. The molecule has 0 saturated carbocycles. The van der Waals surface area contributed by atoms with Gasteiger partial charge >= 0.3 is 5.97 Å². The highest BCUT2D eigenvalue weighted by Gasteiger charge is 2.13. The summed E-state index contributed by atoms with van der Waals surface area (Å²) in [6.45, 7) is 1.78. The van der Waals surface area contributed by atoms with Gasteiger partial charge in [-0.15, -0.1) is 11.8 Å². The van der Waals surface area contributed by atoms with E-state index in [0.29, 0.717) is 22.6 Å². The number of amides is 1. The van der Waals surface area contributed by atoms with Gasteiger partial charge in [-0.3, -0.25) is 4.79 Å². The molecule has 0 aliphatic carbocycles. The summed E-state index contributed by atoms with van der Waals surface area (Å²) in [6, 6.07) is 12.9. The Bertz CT molecular complexity index is 744. The average molecular weight is 359 g/mol. The first-order valence-electron chi connectivity index (χ1n) is 7.73. The molecule has 6 heteroatoms. The van der Waals surface area contributed by atoms with Gasteiger partial charge in [-0.1, -0.05) is 18.2 Å². The van der Waals surface area contributed by atoms with E-state index in [1.165, 1.54) is 18.9 Å². The highest BCUT2D eigenvalue weighted by Crippen LogP contribution is 2.21. The lowest BCUT2D eigenvalue weighted by atomic mass is 10.1. The number of hydrogen-bond acceptors (Lipinski definition) is 5. The van der Waals surface area contributed by atoms with Crippen LogP contribution in [0.3, 0.4) is 0 Å². The summed E-state index contributed by atoms with van der Waals surface area (Å²) >= 11 is 1.52. The predicted molar refractivity (Wildman–Crippen MR) is 100 cm³/mol. The fourth-order valence-electron chi connectivity index (χ4n) is 2.27. The van der Waals surface area contributed by atoms with Crippen LogP contribution in [0.5, 0.6) is 5.75 Å². The Morgan fingerprint density at radius 3 is 2.44 bits per heavy atom. The van der Waals surface area contributed by atoms with E-state index < -0.39 is 5.97 Å². The highest BCUT2D eigenvalue weighted by molar-refractivity contribution is 7.99. The Morgan fingerprint density at radius 1 is 1.08 bits per heavy atom. The van der Waals surface area contributed by atoms with Crippen molar-refractivity contribution in [2.45, 2.75) is 12.7 Å². The Morgan fingerprint density at radius 2 is 1.80 bits per heavy atom. The molecule has 0 heterocycles. The first-order valence-corrected chi connectivity index (χ1v) is 8.89. The molecule has 2 aromatic rings. The number of nitrogens with one attached hydrogen (secondary N) is 1. The van der Waals surface area contributed by atoms with Gasteiger partial charge in [0.1, 0.15) is 5.75 Å². The molecule has 0 spiro atoms. The minimum absolute atomic E-state index is 0.108. The van der Waals surface area contributed by atoms with Gasteiger partial charge in [0.2, 0.25) is 5.91 Å². The molecule has 0 radical (unpaired) electrons. The van der Waals surface area contributed by atoms with Crippen molar-refractivity contribution in [3.05, 3.63) is 59.2 Å². The maximum Gasteiger partial charge on any atom is 0.338 e. The van der Waals surface area contributed by atoms with E-state index in [4.69, 9.17) is 9.47 Å². The molecule has 25 heavy (non-hydrogen) atoms. The van der Waals surface area contributed by atoms with Gasteiger partial charge in [0.25, 0.3) is 0 Å². The molecule has 5 nitrogen and oxygen atoms in total. The molecular weight excluding hydrogens is 338 g/mol.